The molecule has 3 rings (SSSR count). The van der Waals surface area contributed by atoms with Crippen molar-refractivity contribution in [3.05, 3.63) is 59.7 Å². The molecular weight excluding hydrogens is 324 g/mol. The summed E-state index contributed by atoms with van der Waals surface area (Å²) in [5.41, 5.74) is 3.25. The number of hydrogen-bond donors (Lipinski definition) is 1. The highest BCUT2D eigenvalue weighted by Gasteiger charge is 2.36. The maximum absolute atomic E-state index is 13.3. The van der Waals surface area contributed by atoms with Gasteiger partial charge in [-0.05, 0) is 41.7 Å². The first kappa shape index (κ1) is 18.2. The Balaban J connectivity index is 2.01. The quantitative estimate of drug-likeness (QED) is 0.868. The Bertz CT molecular complexity index is 819. The van der Waals surface area contributed by atoms with Gasteiger partial charge < -0.3 is 5.32 Å². The third-order valence-corrected chi connectivity index (χ3v) is 4.81. The van der Waals surface area contributed by atoms with Crippen molar-refractivity contribution in [3.63, 3.8) is 0 Å². The Kier molecular flexibility index (Phi) is 4.86. The molecule has 0 aliphatic carbocycles. The summed E-state index contributed by atoms with van der Waals surface area (Å²) in [6.45, 7) is 8.46. The highest BCUT2D eigenvalue weighted by molar-refractivity contribution is 6.16. The number of carbonyl (C=O) groups excluding carboxylic acids is 2. The number of benzene rings is 2. The van der Waals surface area contributed by atoms with Gasteiger partial charge in [0.2, 0.25) is 5.91 Å². The maximum Gasteiger partial charge on any atom is 0.259 e. The van der Waals surface area contributed by atoms with Gasteiger partial charge in [0, 0.05) is 5.56 Å². The van der Waals surface area contributed by atoms with Crippen LogP contribution in [0.2, 0.25) is 0 Å². The fourth-order valence-electron chi connectivity index (χ4n) is 3.33. The van der Waals surface area contributed by atoms with Crippen molar-refractivity contribution in [3.8, 4) is 0 Å². The van der Waals surface area contributed by atoms with E-state index in [0.29, 0.717) is 17.7 Å². The Morgan fingerprint density at radius 3 is 2.35 bits per heavy atom. The number of nitrogens with one attached hydrogen (secondary N) is 1. The average Bonchev–Trinajstić information content (AvgIpc) is 2.61. The van der Waals surface area contributed by atoms with Gasteiger partial charge in [0.15, 0.2) is 0 Å². The SMILES string of the molecule is CCC[C@H]1C(=O)Nc2ccccc2N1C(=O)c1ccc(C(C)(C)C)cc1. The molecule has 0 saturated carbocycles. The molecule has 0 fully saturated rings. The zero-order valence-electron chi connectivity index (χ0n) is 15.9. The molecule has 2 amide bonds. The van der Waals surface area contributed by atoms with E-state index < -0.39 is 6.04 Å². The molecule has 2 aromatic carbocycles. The van der Waals surface area contributed by atoms with E-state index >= 15 is 0 Å². The smallest absolute Gasteiger partial charge is 0.259 e. The third kappa shape index (κ3) is 3.36. The van der Waals surface area contributed by atoms with Crippen LogP contribution in [-0.4, -0.2) is 17.9 Å². The third-order valence-electron chi connectivity index (χ3n) is 4.81. The number of para-hydroxylation sites is 2. The molecule has 4 nitrogen and oxygen atoms in total. The van der Waals surface area contributed by atoms with Crippen LogP contribution in [0.1, 0.15) is 56.5 Å². The summed E-state index contributed by atoms with van der Waals surface area (Å²) >= 11 is 0. The monoisotopic (exact) mass is 350 g/mol. The predicted octanol–water partition coefficient (Wildman–Crippen LogP) is 4.75. The van der Waals surface area contributed by atoms with Gasteiger partial charge in [-0.3, -0.25) is 14.5 Å². The molecule has 1 aliphatic heterocycles. The minimum atomic E-state index is -0.482. The zero-order chi connectivity index (χ0) is 18.9. The molecule has 0 unspecified atom stereocenters. The Labute approximate surface area is 155 Å². The lowest BCUT2D eigenvalue weighted by molar-refractivity contribution is -0.117. The van der Waals surface area contributed by atoms with E-state index in [1.165, 1.54) is 5.56 Å². The molecule has 26 heavy (non-hydrogen) atoms. The van der Waals surface area contributed by atoms with Crippen molar-refractivity contribution in [2.75, 3.05) is 10.2 Å². The highest BCUT2D eigenvalue weighted by Crippen LogP contribution is 2.34. The standard InChI is InChI=1S/C22H26N2O2/c1-5-8-19-20(25)23-17-9-6-7-10-18(17)24(19)21(26)15-11-13-16(14-12-15)22(2,3)4/h6-7,9-14,19H,5,8H2,1-4H3,(H,23,25)/t19-/m0/s1. The minimum Gasteiger partial charge on any atom is -0.322 e. The van der Waals surface area contributed by atoms with E-state index in [1.54, 1.807) is 4.90 Å². The molecule has 1 atom stereocenters. The number of carbonyl (C=O) groups is 2. The lowest BCUT2D eigenvalue weighted by atomic mass is 9.86. The highest BCUT2D eigenvalue weighted by atomic mass is 16.2. The second kappa shape index (κ2) is 6.94. The summed E-state index contributed by atoms with van der Waals surface area (Å²) in [7, 11) is 0. The number of amides is 2. The van der Waals surface area contributed by atoms with Crippen molar-refractivity contribution in [1.29, 1.82) is 0 Å². The summed E-state index contributed by atoms with van der Waals surface area (Å²) in [6, 6.07) is 14.7. The summed E-state index contributed by atoms with van der Waals surface area (Å²) in [6.07, 6.45) is 1.46. The van der Waals surface area contributed by atoms with Crippen LogP contribution in [0.3, 0.4) is 0 Å². The van der Waals surface area contributed by atoms with Gasteiger partial charge in [-0.2, -0.15) is 0 Å². The van der Waals surface area contributed by atoms with E-state index in [9.17, 15) is 9.59 Å². The van der Waals surface area contributed by atoms with Crippen LogP contribution in [0.25, 0.3) is 0 Å². The Morgan fingerprint density at radius 2 is 1.73 bits per heavy atom. The molecular formula is C22H26N2O2. The molecule has 136 valence electrons. The van der Waals surface area contributed by atoms with Crippen LogP contribution >= 0.6 is 0 Å². The number of anilines is 2. The van der Waals surface area contributed by atoms with Crippen LogP contribution in [0.15, 0.2) is 48.5 Å². The van der Waals surface area contributed by atoms with Crippen molar-refractivity contribution < 1.29 is 9.59 Å². The first-order chi connectivity index (χ1) is 12.3. The van der Waals surface area contributed by atoms with E-state index in [-0.39, 0.29) is 17.2 Å². The van der Waals surface area contributed by atoms with Crippen molar-refractivity contribution in [1.82, 2.24) is 0 Å². The van der Waals surface area contributed by atoms with Crippen LogP contribution < -0.4 is 10.2 Å². The molecule has 2 aromatic rings. The summed E-state index contributed by atoms with van der Waals surface area (Å²) in [4.78, 5) is 27.5. The number of rotatable bonds is 3. The normalized spacial score (nSPS) is 16.8. The van der Waals surface area contributed by atoms with Gasteiger partial charge in [-0.15, -0.1) is 0 Å². The van der Waals surface area contributed by atoms with Gasteiger partial charge in [0.25, 0.3) is 5.91 Å². The van der Waals surface area contributed by atoms with Gasteiger partial charge in [0.05, 0.1) is 11.4 Å². The summed E-state index contributed by atoms with van der Waals surface area (Å²) in [5.74, 6) is -0.253. The van der Waals surface area contributed by atoms with E-state index in [4.69, 9.17) is 0 Å². The first-order valence-electron chi connectivity index (χ1n) is 9.17. The van der Waals surface area contributed by atoms with Crippen molar-refractivity contribution in [2.24, 2.45) is 0 Å². The van der Waals surface area contributed by atoms with Gasteiger partial charge >= 0.3 is 0 Å². The number of nitrogens with zero attached hydrogens (tertiary/aromatic N) is 1. The summed E-state index contributed by atoms with van der Waals surface area (Å²) < 4.78 is 0. The van der Waals surface area contributed by atoms with Crippen LogP contribution in [0.4, 0.5) is 11.4 Å². The largest absolute Gasteiger partial charge is 0.322 e. The van der Waals surface area contributed by atoms with E-state index in [0.717, 1.165) is 12.1 Å². The second-order valence-corrected chi connectivity index (χ2v) is 7.81. The summed E-state index contributed by atoms with van der Waals surface area (Å²) in [5, 5.41) is 2.93. The molecule has 1 aliphatic rings. The van der Waals surface area contributed by atoms with E-state index in [2.05, 4.69) is 26.1 Å². The van der Waals surface area contributed by atoms with Crippen molar-refractivity contribution in [2.45, 2.75) is 52.0 Å². The average molecular weight is 350 g/mol. The molecule has 4 heteroatoms. The van der Waals surface area contributed by atoms with Gasteiger partial charge in [-0.1, -0.05) is 58.4 Å². The number of fused-ring (bicyclic) bond motifs is 1. The molecule has 1 heterocycles. The lowest BCUT2D eigenvalue weighted by Gasteiger charge is -2.36. The van der Waals surface area contributed by atoms with Crippen LogP contribution in [0, 0.1) is 0 Å². The van der Waals surface area contributed by atoms with Crippen molar-refractivity contribution >= 4 is 23.2 Å². The number of hydrogen-bond acceptors (Lipinski definition) is 2. The molecule has 0 bridgehead atoms. The predicted molar refractivity (Wildman–Crippen MR) is 106 cm³/mol. The molecule has 0 saturated heterocycles. The van der Waals surface area contributed by atoms with E-state index in [1.807, 2.05) is 55.5 Å². The fourth-order valence-corrected chi connectivity index (χ4v) is 3.33. The van der Waals surface area contributed by atoms with Crippen LogP contribution in [0.5, 0.6) is 0 Å². The topological polar surface area (TPSA) is 49.4 Å². The zero-order valence-corrected chi connectivity index (χ0v) is 15.9. The fraction of sp³-hybridized carbons (Fsp3) is 0.364. The lowest BCUT2D eigenvalue weighted by Crippen LogP contribution is -2.51. The van der Waals surface area contributed by atoms with Crippen LogP contribution in [-0.2, 0) is 10.2 Å². The Hall–Kier alpha value is -2.62. The second-order valence-electron chi connectivity index (χ2n) is 7.81. The molecule has 0 radical (unpaired) electrons. The first-order valence-corrected chi connectivity index (χ1v) is 9.17. The van der Waals surface area contributed by atoms with Gasteiger partial charge in [0.1, 0.15) is 6.04 Å². The maximum atomic E-state index is 13.3. The minimum absolute atomic E-state index is 0.0317. The molecule has 1 N–H and O–H groups in total. The van der Waals surface area contributed by atoms with Gasteiger partial charge in [-0.25, -0.2) is 0 Å². The Morgan fingerprint density at radius 1 is 1.08 bits per heavy atom. The molecule has 0 spiro atoms. The molecule has 0 aromatic heterocycles.